The monoisotopic (exact) mass is 244 g/mol. The molecule has 2 aromatic rings. The van der Waals surface area contributed by atoms with Crippen molar-refractivity contribution in [1.82, 2.24) is 0 Å². The maximum absolute atomic E-state index is 10.3. The normalized spacial score (nSPS) is 11.9. The number of rotatable bonds is 4. The van der Waals surface area contributed by atoms with E-state index in [2.05, 4.69) is 0 Å². The summed E-state index contributed by atoms with van der Waals surface area (Å²) in [6.07, 6.45) is -0.702. The predicted octanol–water partition coefficient (Wildman–Crippen LogP) is 2.79. The van der Waals surface area contributed by atoms with Gasteiger partial charge in [-0.25, -0.2) is 0 Å². The molecular weight excluding hydrogens is 228 g/mol. The zero-order valence-corrected chi connectivity index (χ0v) is 10.5. The molecule has 0 aliphatic rings. The van der Waals surface area contributed by atoms with Gasteiger partial charge in [-0.05, 0) is 17.7 Å². The molecule has 0 bridgehead atoms. The minimum absolute atomic E-state index is 0.616. The van der Waals surface area contributed by atoms with E-state index < -0.39 is 6.10 Å². The van der Waals surface area contributed by atoms with Crippen LogP contribution in [0.2, 0.25) is 0 Å². The van der Waals surface area contributed by atoms with Gasteiger partial charge in [0.15, 0.2) is 0 Å². The minimum Gasteiger partial charge on any atom is -0.497 e. The Hall–Kier alpha value is -2.00. The lowest BCUT2D eigenvalue weighted by atomic mass is 10.0. The molecule has 0 aliphatic heterocycles. The molecule has 2 aromatic carbocycles. The van der Waals surface area contributed by atoms with Crippen molar-refractivity contribution in [2.45, 2.75) is 6.10 Å². The largest absolute Gasteiger partial charge is 0.497 e. The number of ether oxygens (including phenoxy) is 2. The second-order valence-electron chi connectivity index (χ2n) is 3.92. The van der Waals surface area contributed by atoms with Gasteiger partial charge in [-0.3, -0.25) is 0 Å². The Morgan fingerprint density at radius 2 is 1.67 bits per heavy atom. The molecule has 18 heavy (non-hydrogen) atoms. The Balaban J connectivity index is 2.38. The third kappa shape index (κ3) is 2.46. The fourth-order valence-corrected chi connectivity index (χ4v) is 1.86. The van der Waals surface area contributed by atoms with Crippen LogP contribution in [0.3, 0.4) is 0 Å². The van der Waals surface area contributed by atoms with E-state index in [0.29, 0.717) is 11.5 Å². The Bertz CT molecular complexity index is 508. The number of hydrogen-bond donors (Lipinski definition) is 1. The van der Waals surface area contributed by atoms with Crippen LogP contribution in [0.25, 0.3) is 0 Å². The molecule has 1 atom stereocenters. The van der Waals surface area contributed by atoms with Crippen molar-refractivity contribution < 1.29 is 14.6 Å². The van der Waals surface area contributed by atoms with E-state index in [4.69, 9.17) is 9.47 Å². The molecule has 2 rings (SSSR count). The standard InChI is InChI=1S/C15H16O3/c1-17-12-8-9-13(14(10-12)18-2)15(16)11-6-4-3-5-7-11/h3-10,15-16H,1-2H3/t15-/m1/s1. The smallest absolute Gasteiger partial charge is 0.128 e. The first kappa shape index (κ1) is 12.5. The molecule has 0 saturated carbocycles. The molecule has 94 valence electrons. The molecule has 0 unspecified atom stereocenters. The van der Waals surface area contributed by atoms with Crippen LogP contribution in [0.4, 0.5) is 0 Å². The van der Waals surface area contributed by atoms with Gasteiger partial charge in [0.25, 0.3) is 0 Å². The summed E-state index contributed by atoms with van der Waals surface area (Å²) in [5.74, 6) is 1.32. The van der Waals surface area contributed by atoms with Gasteiger partial charge in [0, 0.05) is 11.6 Å². The van der Waals surface area contributed by atoms with Crippen molar-refractivity contribution >= 4 is 0 Å². The Morgan fingerprint density at radius 1 is 0.944 bits per heavy atom. The molecule has 3 heteroatoms. The van der Waals surface area contributed by atoms with Gasteiger partial charge in [0.1, 0.15) is 17.6 Å². The van der Waals surface area contributed by atoms with Gasteiger partial charge >= 0.3 is 0 Å². The third-order valence-corrected chi connectivity index (χ3v) is 2.85. The van der Waals surface area contributed by atoms with Crippen LogP contribution in [-0.4, -0.2) is 19.3 Å². The lowest BCUT2D eigenvalue weighted by Crippen LogP contribution is -2.02. The maximum atomic E-state index is 10.3. The van der Waals surface area contributed by atoms with Crippen LogP contribution in [-0.2, 0) is 0 Å². The molecule has 0 aliphatic carbocycles. The molecule has 0 amide bonds. The van der Waals surface area contributed by atoms with Crippen molar-refractivity contribution in [3.05, 3.63) is 59.7 Å². The first-order valence-corrected chi connectivity index (χ1v) is 5.71. The first-order valence-electron chi connectivity index (χ1n) is 5.71. The van der Waals surface area contributed by atoms with E-state index in [9.17, 15) is 5.11 Å². The van der Waals surface area contributed by atoms with Crippen LogP contribution in [0.15, 0.2) is 48.5 Å². The summed E-state index contributed by atoms with van der Waals surface area (Å²) in [5, 5.41) is 10.3. The lowest BCUT2D eigenvalue weighted by molar-refractivity contribution is 0.214. The highest BCUT2D eigenvalue weighted by Crippen LogP contribution is 2.32. The number of methoxy groups -OCH3 is 2. The highest BCUT2D eigenvalue weighted by Gasteiger charge is 2.15. The fourth-order valence-electron chi connectivity index (χ4n) is 1.86. The van der Waals surface area contributed by atoms with Crippen molar-refractivity contribution in [3.8, 4) is 11.5 Å². The van der Waals surface area contributed by atoms with Gasteiger partial charge < -0.3 is 14.6 Å². The van der Waals surface area contributed by atoms with Crippen LogP contribution in [0.1, 0.15) is 17.2 Å². The Labute approximate surface area is 107 Å². The van der Waals surface area contributed by atoms with Gasteiger partial charge in [0.05, 0.1) is 14.2 Å². The van der Waals surface area contributed by atoms with Crippen molar-refractivity contribution in [3.63, 3.8) is 0 Å². The third-order valence-electron chi connectivity index (χ3n) is 2.85. The highest BCUT2D eigenvalue weighted by molar-refractivity contribution is 5.45. The predicted molar refractivity (Wildman–Crippen MR) is 70.0 cm³/mol. The van der Waals surface area contributed by atoms with E-state index in [1.807, 2.05) is 42.5 Å². The molecule has 3 nitrogen and oxygen atoms in total. The SMILES string of the molecule is COc1ccc([C@H](O)c2ccccc2)c(OC)c1. The summed E-state index contributed by atoms with van der Waals surface area (Å²) in [5.41, 5.74) is 1.56. The average Bonchev–Trinajstić information content (AvgIpc) is 2.46. The summed E-state index contributed by atoms with van der Waals surface area (Å²) in [6, 6.07) is 14.9. The van der Waals surface area contributed by atoms with Crippen LogP contribution < -0.4 is 9.47 Å². The molecule has 0 radical (unpaired) electrons. The molecule has 0 saturated heterocycles. The van der Waals surface area contributed by atoms with Crippen LogP contribution in [0.5, 0.6) is 11.5 Å². The summed E-state index contributed by atoms with van der Waals surface area (Å²) < 4.78 is 10.4. The van der Waals surface area contributed by atoms with E-state index >= 15 is 0 Å². The van der Waals surface area contributed by atoms with Gasteiger partial charge in [-0.2, -0.15) is 0 Å². The van der Waals surface area contributed by atoms with E-state index in [1.54, 1.807) is 20.3 Å². The van der Waals surface area contributed by atoms with E-state index in [-0.39, 0.29) is 0 Å². The number of benzene rings is 2. The second-order valence-corrected chi connectivity index (χ2v) is 3.92. The molecule has 1 N–H and O–H groups in total. The molecule has 0 fully saturated rings. The summed E-state index contributed by atoms with van der Waals surface area (Å²) in [6.45, 7) is 0. The summed E-state index contributed by atoms with van der Waals surface area (Å²) >= 11 is 0. The van der Waals surface area contributed by atoms with Crippen LogP contribution in [0, 0.1) is 0 Å². The quantitative estimate of drug-likeness (QED) is 0.898. The topological polar surface area (TPSA) is 38.7 Å². The minimum atomic E-state index is -0.702. The average molecular weight is 244 g/mol. The van der Waals surface area contributed by atoms with Gasteiger partial charge in [-0.15, -0.1) is 0 Å². The van der Waals surface area contributed by atoms with Crippen molar-refractivity contribution in [1.29, 1.82) is 0 Å². The molecular formula is C15H16O3. The lowest BCUT2D eigenvalue weighted by Gasteiger charge is -2.16. The molecule has 0 spiro atoms. The number of aliphatic hydroxyl groups is 1. The van der Waals surface area contributed by atoms with Gasteiger partial charge in [-0.1, -0.05) is 30.3 Å². The summed E-state index contributed by atoms with van der Waals surface area (Å²) in [4.78, 5) is 0. The van der Waals surface area contributed by atoms with E-state index in [1.165, 1.54) is 0 Å². The maximum Gasteiger partial charge on any atom is 0.128 e. The highest BCUT2D eigenvalue weighted by atomic mass is 16.5. The van der Waals surface area contributed by atoms with Crippen LogP contribution >= 0.6 is 0 Å². The zero-order valence-electron chi connectivity index (χ0n) is 10.5. The number of hydrogen-bond acceptors (Lipinski definition) is 3. The Kier molecular flexibility index (Phi) is 3.85. The van der Waals surface area contributed by atoms with E-state index in [0.717, 1.165) is 11.1 Å². The first-order chi connectivity index (χ1) is 8.76. The molecule has 0 heterocycles. The second kappa shape index (κ2) is 5.56. The zero-order chi connectivity index (χ0) is 13.0. The number of aliphatic hydroxyl groups excluding tert-OH is 1. The van der Waals surface area contributed by atoms with Crippen molar-refractivity contribution in [2.75, 3.05) is 14.2 Å². The van der Waals surface area contributed by atoms with Gasteiger partial charge in [0.2, 0.25) is 0 Å². The van der Waals surface area contributed by atoms with Crippen molar-refractivity contribution in [2.24, 2.45) is 0 Å². The fraction of sp³-hybridized carbons (Fsp3) is 0.200. The molecule has 0 aromatic heterocycles. The Morgan fingerprint density at radius 3 is 2.28 bits per heavy atom. The summed E-state index contributed by atoms with van der Waals surface area (Å²) in [7, 11) is 3.18.